The molecular formula is C11H8N4OS2. The number of thioether (sulfide) groups is 1. The molecule has 0 aliphatic heterocycles. The van der Waals surface area contributed by atoms with E-state index in [4.69, 9.17) is 4.52 Å². The maximum atomic E-state index is 5.18. The molecule has 0 N–H and O–H groups in total. The van der Waals surface area contributed by atoms with Gasteiger partial charge in [0.05, 0.1) is 5.75 Å². The zero-order valence-electron chi connectivity index (χ0n) is 9.18. The Kier molecular flexibility index (Phi) is 3.33. The van der Waals surface area contributed by atoms with Crippen molar-refractivity contribution in [2.45, 2.75) is 10.9 Å². The number of nitrogens with zero attached hydrogens (tertiary/aromatic N) is 4. The van der Waals surface area contributed by atoms with Crippen LogP contribution in [0.4, 0.5) is 0 Å². The van der Waals surface area contributed by atoms with Crippen LogP contribution in [0, 0.1) is 0 Å². The summed E-state index contributed by atoms with van der Waals surface area (Å²) in [6.45, 7) is 0. The summed E-state index contributed by atoms with van der Waals surface area (Å²) < 4.78 is 5.18. The Morgan fingerprint density at radius 2 is 2.17 bits per heavy atom. The lowest BCUT2D eigenvalue weighted by Crippen LogP contribution is -1.86. The third-order valence-corrected chi connectivity index (χ3v) is 3.66. The summed E-state index contributed by atoms with van der Waals surface area (Å²) >= 11 is 3.08. The van der Waals surface area contributed by atoms with Gasteiger partial charge in [-0.3, -0.25) is 0 Å². The minimum Gasteiger partial charge on any atom is -0.338 e. The molecule has 0 aromatic carbocycles. The second-order valence-corrected chi connectivity index (χ2v) is 5.07. The predicted molar refractivity (Wildman–Crippen MR) is 69.2 cm³/mol. The van der Waals surface area contributed by atoms with E-state index < -0.39 is 0 Å². The van der Waals surface area contributed by atoms with E-state index in [2.05, 4.69) is 20.1 Å². The number of aromatic nitrogens is 4. The second kappa shape index (κ2) is 5.28. The van der Waals surface area contributed by atoms with E-state index in [0.717, 1.165) is 5.56 Å². The minimum absolute atomic E-state index is 0.571. The van der Waals surface area contributed by atoms with Crippen LogP contribution in [0.25, 0.3) is 11.4 Å². The molecule has 18 heavy (non-hydrogen) atoms. The molecule has 0 amide bonds. The fraction of sp³-hybridized carbons (Fsp3) is 0.0909. The summed E-state index contributed by atoms with van der Waals surface area (Å²) in [6.07, 6.45) is 3.42. The summed E-state index contributed by atoms with van der Waals surface area (Å²) in [6, 6.07) is 3.75. The van der Waals surface area contributed by atoms with Crippen molar-refractivity contribution in [1.82, 2.24) is 20.1 Å². The molecule has 0 saturated heterocycles. The van der Waals surface area contributed by atoms with E-state index in [0.29, 0.717) is 22.6 Å². The van der Waals surface area contributed by atoms with Crippen LogP contribution in [0.1, 0.15) is 5.89 Å². The first-order valence-corrected chi connectivity index (χ1v) is 7.09. The van der Waals surface area contributed by atoms with Crippen LogP contribution in [0.2, 0.25) is 0 Å². The Morgan fingerprint density at radius 3 is 2.94 bits per heavy atom. The van der Waals surface area contributed by atoms with Crippen molar-refractivity contribution < 1.29 is 4.52 Å². The van der Waals surface area contributed by atoms with E-state index in [9.17, 15) is 0 Å². The first-order valence-electron chi connectivity index (χ1n) is 5.17. The first-order chi connectivity index (χ1) is 8.92. The number of thiophene rings is 1. The van der Waals surface area contributed by atoms with Crippen molar-refractivity contribution >= 4 is 23.1 Å². The van der Waals surface area contributed by atoms with Gasteiger partial charge in [0, 0.05) is 23.3 Å². The molecule has 0 aliphatic rings. The Morgan fingerprint density at radius 1 is 1.28 bits per heavy atom. The van der Waals surface area contributed by atoms with Gasteiger partial charge in [0.2, 0.25) is 11.7 Å². The van der Waals surface area contributed by atoms with Gasteiger partial charge in [-0.1, -0.05) is 16.9 Å². The van der Waals surface area contributed by atoms with Crippen LogP contribution in [-0.2, 0) is 5.75 Å². The van der Waals surface area contributed by atoms with Gasteiger partial charge in [-0.05, 0) is 17.5 Å². The zero-order chi connectivity index (χ0) is 12.2. The standard InChI is InChI=1S/C11H8N4OS2/c1-3-12-11(13-4-1)18-7-9-14-10(15-16-9)8-2-5-17-6-8/h1-6H,7H2. The highest BCUT2D eigenvalue weighted by Crippen LogP contribution is 2.22. The van der Waals surface area contributed by atoms with E-state index >= 15 is 0 Å². The van der Waals surface area contributed by atoms with E-state index in [1.54, 1.807) is 29.8 Å². The zero-order valence-corrected chi connectivity index (χ0v) is 10.8. The molecule has 3 heterocycles. The van der Waals surface area contributed by atoms with Gasteiger partial charge < -0.3 is 4.52 Å². The monoisotopic (exact) mass is 276 g/mol. The normalized spacial score (nSPS) is 10.7. The lowest BCUT2D eigenvalue weighted by Gasteiger charge is -1.93. The van der Waals surface area contributed by atoms with Crippen LogP contribution in [0.5, 0.6) is 0 Å². The summed E-state index contributed by atoms with van der Waals surface area (Å²) in [4.78, 5) is 12.5. The van der Waals surface area contributed by atoms with Crippen molar-refractivity contribution in [2.75, 3.05) is 0 Å². The average molecular weight is 276 g/mol. The van der Waals surface area contributed by atoms with Crippen molar-refractivity contribution in [1.29, 1.82) is 0 Å². The Hall–Kier alpha value is -1.73. The van der Waals surface area contributed by atoms with Crippen LogP contribution in [0.15, 0.2) is 45.0 Å². The molecule has 0 bridgehead atoms. The smallest absolute Gasteiger partial charge is 0.237 e. The molecule has 3 aromatic heterocycles. The van der Waals surface area contributed by atoms with Gasteiger partial charge in [-0.25, -0.2) is 9.97 Å². The molecule has 0 aliphatic carbocycles. The van der Waals surface area contributed by atoms with Gasteiger partial charge in [0.25, 0.3) is 0 Å². The summed E-state index contributed by atoms with van der Waals surface area (Å²) in [5.41, 5.74) is 0.982. The molecule has 5 nitrogen and oxygen atoms in total. The second-order valence-electron chi connectivity index (χ2n) is 3.34. The van der Waals surface area contributed by atoms with E-state index in [1.165, 1.54) is 11.8 Å². The number of hydrogen-bond acceptors (Lipinski definition) is 7. The third-order valence-electron chi connectivity index (χ3n) is 2.11. The molecule has 90 valence electrons. The summed E-state index contributed by atoms with van der Waals surface area (Å²) in [5, 5.41) is 8.61. The fourth-order valence-corrected chi connectivity index (χ4v) is 2.58. The highest BCUT2D eigenvalue weighted by atomic mass is 32.2. The van der Waals surface area contributed by atoms with E-state index in [-0.39, 0.29) is 0 Å². The molecule has 3 rings (SSSR count). The molecule has 0 unspecified atom stereocenters. The van der Waals surface area contributed by atoms with Crippen molar-refractivity contribution in [3.8, 4) is 11.4 Å². The van der Waals surface area contributed by atoms with Crippen LogP contribution < -0.4 is 0 Å². The summed E-state index contributed by atoms with van der Waals surface area (Å²) in [5.74, 6) is 1.77. The van der Waals surface area contributed by atoms with Gasteiger partial charge in [-0.15, -0.1) is 0 Å². The highest BCUT2D eigenvalue weighted by molar-refractivity contribution is 7.98. The maximum absolute atomic E-state index is 5.18. The minimum atomic E-state index is 0.571. The molecule has 0 radical (unpaired) electrons. The lowest BCUT2D eigenvalue weighted by molar-refractivity contribution is 0.391. The third kappa shape index (κ3) is 2.57. The maximum Gasteiger partial charge on any atom is 0.237 e. The highest BCUT2D eigenvalue weighted by Gasteiger charge is 2.09. The van der Waals surface area contributed by atoms with Crippen molar-refractivity contribution in [3.05, 3.63) is 41.2 Å². The first kappa shape index (κ1) is 11.4. The van der Waals surface area contributed by atoms with Crippen molar-refractivity contribution in [2.24, 2.45) is 0 Å². The van der Waals surface area contributed by atoms with E-state index in [1.807, 2.05) is 16.8 Å². The topological polar surface area (TPSA) is 64.7 Å². The largest absolute Gasteiger partial charge is 0.338 e. The molecule has 0 atom stereocenters. The number of rotatable bonds is 4. The Labute approximate surface area is 111 Å². The van der Waals surface area contributed by atoms with Gasteiger partial charge >= 0.3 is 0 Å². The van der Waals surface area contributed by atoms with Gasteiger partial charge in [-0.2, -0.15) is 16.3 Å². The molecule has 7 heteroatoms. The Bertz CT molecular complexity index is 609. The molecule has 3 aromatic rings. The van der Waals surface area contributed by atoms with Crippen LogP contribution >= 0.6 is 23.1 Å². The quantitative estimate of drug-likeness (QED) is 0.539. The lowest BCUT2D eigenvalue weighted by atomic mass is 10.3. The Balaban J connectivity index is 1.68. The van der Waals surface area contributed by atoms with Gasteiger partial charge in [0.1, 0.15) is 0 Å². The molecular weight excluding hydrogens is 268 g/mol. The van der Waals surface area contributed by atoms with Crippen LogP contribution in [0.3, 0.4) is 0 Å². The molecule has 0 fully saturated rings. The average Bonchev–Trinajstić information content (AvgIpc) is 3.08. The van der Waals surface area contributed by atoms with Crippen LogP contribution in [-0.4, -0.2) is 20.1 Å². The molecule has 0 spiro atoms. The predicted octanol–water partition coefficient (Wildman–Crippen LogP) is 2.88. The fourth-order valence-electron chi connectivity index (χ4n) is 1.31. The number of hydrogen-bond donors (Lipinski definition) is 0. The SMILES string of the molecule is c1cnc(SCc2nc(-c3ccsc3)no2)nc1. The van der Waals surface area contributed by atoms with Crippen molar-refractivity contribution in [3.63, 3.8) is 0 Å². The summed E-state index contributed by atoms with van der Waals surface area (Å²) in [7, 11) is 0. The molecule has 0 saturated carbocycles. The van der Waals surface area contributed by atoms with Gasteiger partial charge in [0.15, 0.2) is 5.16 Å².